The van der Waals surface area contributed by atoms with Crippen molar-refractivity contribution in [1.29, 1.82) is 10.5 Å². The smallest absolute Gasteiger partial charge is 0.179 e. The highest BCUT2D eigenvalue weighted by molar-refractivity contribution is 5.82. The van der Waals surface area contributed by atoms with Gasteiger partial charge in [-0.15, -0.1) is 5.10 Å². The Morgan fingerprint density at radius 2 is 1.95 bits per heavy atom. The van der Waals surface area contributed by atoms with Gasteiger partial charge < -0.3 is 10.2 Å². The molecule has 4 aromatic rings. The zero-order valence-electron chi connectivity index (χ0n) is 21.5. The summed E-state index contributed by atoms with van der Waals surface area (Å²) in [5, 5.41) is 35.8. The van der Waals surface area contributed by atoms with Gasteiger partial charge in [0.1, 0.15) is 17.3 Å². The maximum atomic E-state index is 9.69. The number of nitriles is 2. The summed E-state index contributed by atoms with van der Waals surface area (Å²) in [5.41, 5.74) is 5.63. The van der Waals surface area contributed by atoms with Crippen molar-refractivity contribution in [2.45, 2.75) is 44.8 Å². The van der Waals surface area contributed by atoms with Crippen LogP contribution in [0.5, 0.6) is 0 Å². The van der Waals surface area contributed by atoms with Gasteiger partial charge in [-0.25, -0.2) is 9.20 Å². The van der Waals surface area contributed by atoms with Gasteiger partial charge in [0, 0.05) is 50.2 Å². The summed E-state index contributed by atoms with van der Waals surface area (Å²) in [4.78, 5) is 8.78. The predicted octanol–water partition coefficient (Wildman–Crippen LogP) is 3.14. The van der Waals surface area contributed by atoms with E-state index in [1.165, 1.54) is 0 Å². The lowest BCUT2D eigenvalue weighted by Gasteiger charge is -2.45. The fourth-order valence-corrected chi connectivity index (χ4v) is 5.60. The van der Waals surface area contributed by atoms with Crippen LogP contribution in [0.3, 0.4) is 0 Å². The van der Waals surface area contributed by atoms with Crippen LogP contribution in [0.4, 0.5) is 5.69 Å². The molecule has 0 spiro atoms. The molecule has 4 aromatic heterocycles. The Morgan fingerprint density at radius 3 is 2.66 bits per heavy atom. The Hall–Kier alpha value is -4.48. The van der Waals surface area contributed by atoms with E-state index in [0.717, 1.165) is 72.9 Å². The van der Waals surface area contributed by atoms with E-state index in [2.05, 4.69) is 54.5 Å². The molecule has 2 aliphatic rings. The first kappa shape index (κ1) is 23.9. The molecule has 0 unspecified atom stereocenters. The topological polar surface area (TPSA) is 127 Å². The summed E-state index contributed by atoms with van der Waals surface area (Å²) in [6, 6.07) is 10.8. The molecular formula is C27H29N11. The molecule has 1 atom stereocenters. The van der Waals surface area contributed by atoms with Crippen molar-refractivity contribution in [3.63, 3.8) is 0 Å². The molecule has 6 rings (SSSR count). The summed E-state index contributed by atoms with van der Waals surface area (Å²) in [5.74, 6) is 0. The molecule has 2 fully saturated rings. The summed E-state index contributed by atoms with van der Waals surface area (Å²) in [6.45, 7) is 7.79. The summed E-state index contributed by atoms with van der Waals surface area (Å²) in [6.07, 6.45) is 9.51. The molecule has 0 amide bonds. The fourth-order valence-electron chi connectivity index (χ4n) is 5.60. The summed E-state index contributed by atoms with van der Waals surface area (Å²) in [7, 11) is 0. The van der Waals surface area contributed by atoms with Crippen LogP contribution >= 0.6 is 0 Å². The molecule has 0 radical (unpaired) electrons. The number of pyridine rings is 2. The lowest BCUT2D eigenvalue weighted by atomic mass is 10.00. The molecule has 0 aromatic carbocycles. The lowest BCUT2D eigenvalue weighted by Crippen LogP contribution is -2.59. The van der Waals surface area contributed by atoms with Crippen LogP contribution < -0.4 is 5.32 Å². The van der Waals surface area contributed by atoms with Crippen molar-refractivity contribution < 1.29 is 0 Å². The van der Waals surface area contributed by atoms with E-state index in [4.69, 9.17) is 5.26 Å². The second-order valence-corrected chi connectivity index (χ2v) is 10.1. The monoisotopic (exact) mass is 507 g/mol. The number of aromatic nitrogens is 6. The molecule has 11 nitrogen and oxygen atoms in total. The number of hydrogen-bond acceptors (Lipinski definition) is 9. The second-order valence-electron chi connectivity index (χ2n) is 10.1. The first-order valence-electron chi connectivity index (χ1n) is 13.0. The average Bonchev–Trinajstić information content (AvgIpc) is 3.52. The van der Waals surface area contributed by atoms with Crippen LogP contribution in [-0.2, 0) is 0 Å². The van der Waals surface area contributed by atoms with Crippen LogP contribution in [0, 0.1) is 29.7 Å². The Morgan fingerprint density at radius 1 is 1.13 bits per heavy atom. The van der Waals surface area contributed by atoms with Gasteiger partial charge >= 0.3 is 0 Å². The maximum Gasteiger partial charge on any atom is 0.179 e. The molecule has 11 heteroatoms. The van der Waals surface area contributed by atoms with Gasteiger partial charge in [0.15, 0.2) is 6.19 Å². The van der Waals surface area contributed by atoms with Crippen molar-refractivity contribution in [3.8, 4) is 23.5 Å². The quantitative estimate of drug-likeness (QED) is 0.392. The first-order chi connectivity index (χ1) is 18.6. The molecule has 2 saturated heterocycles. The van der Waals surface area contributed by atoms with E-state index in [9.17, 15) is 5.26 Å². The van der Waals surface area contributed by atoms with Crippen molar-refractivity contribution in [3.05, 3.63) is 59.8 Å². The van der Waals surface area contributed by atoms with Gasteiger partial charge in [0.05, 0.1) is 40.9 Å². The van der Waals surface area contributed by atoms with Gasteiger partial charge in [0.2, 0.25) is 0 Å². The van der Waals surface area contributed by atoms with Crippen LogP contribution in [0.1, 0.15) is 48.8 Å². The average molecular weight is 508 g/mol. The van der Waals surface area contributed by atoms with Crippen LogP contribution in [0.2, 0.25) is 0 Å². The van der Waals surface area contributed by atoms with Gasteiger partial charge in [-0.05, 0) is 44.9 Å². The highest BCUT2D eigenvalue weighted by Gasteiger charge is 2.34. The third-order valence-electron chi connectivity index (χ3n) is 7.80. The Bertz CT molecular complexity index is 1530. The largest absolute Gasteiger partial charge is 0.375 e. The van der Waals surface area contributed by atoms with Crippen molar-refractivity contribution in [2.24, 2.45) is 0 Å². The van der Waals surface area contributed by atoms with Crippen LogP contribution in [0.25, 0.3) is 16.8 Å². The minimum atomic E-state index is -0.0745. The molecule has 1 N–H and O–H groups in total. The summed E-state index contributed by atoms with van der Waals surface area (Å²) >= 11 is 0. The normalized spacial score (nSPS) is 17.6. The Balaban J connectivity index is 1.26. The van der Waals surface area contributed by atoms with E-state index < -0.39 is 0 Å². The standard InChI is InChI=1S/C27H29N11/c1-18(24-5-3-4-8-30-24)32-25-11-20(14-37-27(25)21(12-28)13-31-37)26-19(2)38(34-33-26)22-6-9-36(10-7-22)23-15-35(16-23)17-29/h3-5,8,11,13-14,18,22-23,32H,6-7,9-10,15-16H2,1-2H3/t18-/m1/s1. The fraction of sp³-hybridized carbons (Fsp3) is 0.407. The molecule has 192 valence electrons. The second kappa shape index (κ2) is 9.77. The number of rotatable bonds is 6. The number of fused-ring (bicyclic) bond motifs is 1. The third-order valence-corrected chi connectivity index (χ3v) is 7.80. The molecule has 0 bridgehead atoms. The molecule has 0 saturated carbocycles. The zero-order valence-corrected chi connectivity index (χ0v) is 21.5. The number of likely N-dealkylation sites (tertiary alicyclic amines) is 2. The Kier molecular flexibility index (Phi) is 6.14. The number of piperidine rings is 1. The first-order valence-corrected chi connectivity index (χ1v) is 13.0. The maximum absolute atomic E-state index is 9.69. The molecule has 2 aliphatic heterocycles. The van der Waals surface area contributed by atoms with Gasteiger partial charge in [-0.2, -0.15) is 15.6 Å². The van der Waals surface area contributed by atoms with Crippen molar-refractivity contribution >= 4 is 11.2 Å². The van der Waals surface area contributed by atoms with Crippen LogP contribution in [-0.4, -0.2) is 71.6 Å². The van der Waals surface area contributed by atoms with Crippen molar-refractivity contribution in [2.75, 3.05) is 31.5 Å². The number of nitrogens with zero attached hydrogens (tertiary/aromatic N) is 10. The third kappa shape index (κ3) is 4.21. The molecular weight excluding hydrogens is 478 g/mol. The van der Waals surface area contributed by atoms with E-state index in [1.54, 1.807) is 21.8 Å². The minimum absolute atomic E-state index is 0.0745. The Labute approximate surface area is 220 Å². The van der Waals surface area contributed by atoms with Crippen molar-refractivity contribution in [1.82, 2.24) is 39.4 Å². The number of nitrogens with one attached hydrogen (secondary N) is 1. The van der Waals surface area contributed by atoms with E-state index >= 15 is 0 Å². The van der Waals surface area contributed by atoms with Crippen LogP contribution in [0.15, 0.2) is 42.9 Å². The molecule has 38 heavy (non-hydrogen) atoms. The lowest BCUT2D eigenvalue weighted by molar-refractivity contribution is 0.0443. The highest BCUT2D eigenvalue weighted by atomic mass is 15.4. The highest BCUT2D eigenvalue weighted by Crippen LogP contribution is 2.33. The summed E-state index contributed by atoms with van der Waals surface area (Å²) < 4.78 is 3.80. The van der Waals surface area contributed by atoms with Gasteiger partial charge in [-0.3, -0.25) is 9.88 Å². The van der Waals surface area contributed by atoms with Gasteiger partial charge in [0.25, 0.3) is 0 Å². The zero-order chi connectivity index (χ0) is 26.2. The molecule has 6 heterocycles. The van der Waals surface area contributed by atoms with E-state index in [0.29, 0.717) is 17.6 Å². The number of hydrogen-bond donors (Lipinski definition) is 1. The molecule has 0 aliphatic carbocycles. The van der Waals surface area contributed by atoms with E-state index in [1.807, 2.05) is 37.4 Å². The SMILES string of the molecule is Cc1c(-c2cc(N[C@H](C)c3ccccn3)c3c(C#N)cnn3c2)nnn1C1CCN(C2CN(C#N)C2)CC1. The minimum Gasteiger partial charge on any atom is -0.375 e. The number of anilines is 1. The van der Waals surface area contributed by atoms with E-state index in [-0.39, 0.29) is 6.04 Å². The predicted molar refractivity (Wildman–Crippen MR) is 141 cm³/mol. The van der Waals surface area contributed by atoms with Gasteiger partial charge in [-0.1, -0.05) is 11.3 Å².